The number of methoxy groups -OCH3 is 1. The van der Waals surface area contributed by atoms with Crippen molar-refractivity contribution in [3.8, 4) is 11.5 Å². The second kappa shape index (κ2) is 8.20. The maximum absolute atomic E-state index is 12.6. The van der Waals surface area contributed by atoms with Gasteiger partial charge in [-0.25, -0.2) is 4.79 Å². The van der Waals surface area contributed by atoms with E-state index in [0.29, 0.717) is 37.5 Å². The summed E-state index contributed by atoms with van der Waals surface area (Å²) in [6.07, 6.45) is 1.25. The molecule has 2 aromatic carbocycles. The predicted molar refractivity (Wildman–Crippen MR) is 113 cm³/mol. The first-order valence-corrected chi connectivity index (χ1v) is 9.51. The van der Waals surface area contributed by atoms with Crippen LogP contribution in [-0.4, -0.2) is 29.1 Å². The minimum atomic E-state index is -0.645. The average molecular weight is 467 g/mol. The maximum atomic E-state index is 12.6. The lowest BCUT2D eigenvalue weighted by molar-refractivity contribution is 0.230. The van der Waals surface area contributed by atoms with Crippen LogP contribution in [0.4, 0.5) is 0 Å². The lowest BCUT2D eigenvalue weighted by Crippen LogP contribution is -2.32. The van der Waals surface area contributed by atoms with Crippen molar-refractivity contribution in [2.75, 3.05) is 7.11 Å². The average Bonchev–Trinajstić information content (AvgIpc) is 2.66. The van der Waals surface area contributed by atoms with Crippen molar-refractivity contribution < 1.29 is 9.47 Å². The summed E-state index contributed by atoms with van der Waals surface area (Å²) in [5.41, 5.74) is -0.208. The molecule has 3 rings (SSSR count). The topological polar surface area (TPSA) is 85.7 Å². The Kier molecular flexibility index (Phi) is 5.90. The minimum absolute atomic E-state index is 0.104. The zero-order chi connectivity index (χ0) is 20.4. The molecule has 0 aliphatic carbocycles. The fourth-order valence-electron chi connectivity index (χ4n) is 2.57. The molecule has 0 aliphatic rings. The third-order valence-corrected chi connectivity index (χ3v) is 5.27. The van der Waals surface area contributed by atoms with E-state index in [1.54, 1.807) is 30.3 Å². The quantitative estimate of drug-likeness (QED) is 0.580. The first kappa shape index (κ1) is 20.2. The van der Waals surface area contributed by atoms with Gasteiger partial charge in [0, 0.05) is 10.0 Å². The number of ether oxygens (including phenoxy) is 2. The van der Waals surface area contributed by atoms with Gasteiger partial charge in [-0.05, 0) is 48.0 Å². The highest BCUT2D eigenvalue weighted by molar-refractivity contribution is 9.10. The summed E-state index contributed by atoms with van der Waals surface area (Å²) < 4.78 is 12.3. The molecular weight excluding hydrogens is 450 g/mol. The van der Waals surface area contributed by atoms with E-state index in [4.69, 9.17) is 21.1 Å². The molecule has 0 bridgehead atoms. The third-order valence-electron chi connectivity index (χ3n) is 3.83. The van der Waals surface area contributed by atoms with E-state index in [-0.39, 0.29) is 6.10 Å². The number of nitrogens with zero attached hydrogens (tertiary/aromatic N) is 2. The molecule has 1 aromatic heterocycles. The van der Waals surface area contributed by atoms with Gasteiger partial charge in [0.1, 0.15) is 5.02 Å². The Morgan fingerprint density at radius 2 is 2.00 bits per heavy atom. The Balaban J connectivity index is 2.11. The van der Waals surface area contributed by atoms with Gasteiger partial charge >= 0.3 is 5.69 Å². The molecule has 28 heavy (non-hydrogen) atoms. The van der Waals surface area contributed by atoms with Crippen molar-refractivity contribution in [2.45, 2.75) is 20.0 Å². The minimum Gasteiger partial charge on any atom is -0.493 e. The molecule has 9 heteroatoms. The van der Waals surface area contributed by atoms with Crippen LogP contribution in [-0.2, 0) is 0 Å². The van der Waals surface area contributed by atoms with Crippen LogP contribution in [0.15, 0.2) is 49.5 Å². The van der Waals surface area contributed by atoms with E-state index < -0.39 is 11.2 Å². The predicted octanol–water partition coefficient (Wildman–Crippen LogP) is 3.78. The molecule has 0 saturated heterocycles. The molecule has 0 radical (unpaired) electrons. The van der Waals surface area contributed by atoms with Crippen LogP contribution in [0.5, 0.6) is 11.5 Å². The number of hydrogen-bond donors (Lipinski definition) is 1. The molecule has 0 fully saturated rings. The van der Waals surface area contributed by atoms with Crippen LogP contribution in [0, 0.1) is 0 Å². The highest BCUT2D eigenvalue weighted by Gasteiger charge is 2.18. The first-order chi connectivity index (χ1) is 13.3. The number of aromatic amines is 1. The number of H-pyrrole nitrogens is 1. The van der Waals surface area contributed by atoms with Crippen LogP contribution in [0.1, 0.15) is 19.4 Å². The fourth-order valence-corrected chi connectivity index (χ4v) is 3.22. The summed E-state index contributed by atoms with van der Waals surface area (Å²) in [5, 5.41) is 4.70. The van der Waals surface area contributed by atoms with Gasteiger partial charge in [-0.3, -0.25) is 4.79 Å². The number of benzene rings is 2. The van der Waals surface area contributed by atoms with Crippen molar-refractivity contribution in [2.24, 2.45) is 5.10 Å². The monoisotopic (exact) mass is 465 g/mol. The Morgan fingerprint density at radius 1 is 1.29 bits per heavy atom. The van der Waals surface area contributed by atoms with Crippen molar-refractivity contribution in [1.82, 2.24) is 9.66 Å². The molecule has 3 aromatic rings. The largest absolute Gasteiger partial charge is 0.493 e. The van der Waals surface area contributed by atoms with E-state index >= 15 is 0 Å². The Hall–Kier alpha value is -2.58. The molecule has 0 spiro atoms. The second-order valence-electron chi connectivity index (χ2n) is 6.13. The van der Waals surface area contributed by atoms with E-state index in [2.05, 4.69) is 26.0 Å². The first-order valence-electron chi connectivity index (χ1n) is 8.34. The molecule has 1 heterocycles. The molecule has 0 amide bonds. The van der Waals surface area contributed by atoms with Crippen LogP contribution in [0.25, 0.3) is 10.9 Å². The van der Waals surface area contributed by atoms with E-state index in [1.807, 2.05) is 13.8 Å². The molecule has 0 aliphatic heterocycles. The number of fused-ring (bicyclic) bond motifs is 1. The number of nitrogens with one attached hydrogen (secondary N) is 1. The number of rotatable bonds is 5. The third kappa shape index (κ3) is 3.83. The van der Waals surface area contributed by atoms with Gasteiger partial charge in [0.15, 0.2) is 11.5 Å². The number of aromatic nitrogens is 2. The summed E-state index contributed by atoms with van der Waals surface area (Å²) in [6, 6.07) is 8.37. The standard InChI is InChI=1S/C19H17BrClN3O4/c1-10(2)28-17-14(27-3)8-11(15(20)16(17)21)9-22-24-18(25)12-6-4-5-7-13(12)23-19(24)26/h4-10H,1-3H3,(H,23,26). The van der Waals surface area contributed by atoms with Gasteiger partial charge < -0.3 is 14.5 Å². The summed E-state index contributed by atoms with van der Waals surface area (Å²) >= 11 is 9.80. The van der Waals surface area contributed by atoms with Crippen molar-refractivity contribution in [1.29, 1.82) is 0 Å². The zero-order valence-corrected chi connectivity index (χ0v) is 17.7. The van der Waals surface area contributed by atoms with Gasteiger partial charge in [0.2, 0.25) is 0 Å². The second-order valence-corrected chi connectivity index (χ2v) is 7.30. The molecule has 1 N–H and O–H groups in total. The smallest absolute Gasteiger partial charge is 0.349 e. The zero-order valence-electron chi connectivity index (χ0n) is 15.3. The van der Waals surface area contributed by atoms with E-state index in [0.717, 1.165) is 4.68 Å². The Labute approximate surface area is 173 Å². The van der Waals surface area contributed by atoms with Gasteiger partial charge in [-0.1, -0.05) is 23.7 Å². The van der Waals surface area contributed by atoms with Crippen molar-refractivity contribution >= 4 is 44.6 Å². The van der Waals surface area contributed by atoms with Crippen LogP contribution < -0.4 is 20.7 Å². The normalized spacial score (nSPS) is 11.5. The van der Waals surface area contributed by atoms with Gasteiger partial charge in [0.25, 0.3) is 5.56 Å². The van der Waals surface area contributed by atoms with Crippen molar-refractivity contribution in [3.05, 3.63) is 66.2 Å². The Morgan fingerprint density at radius 3 is 2.68 bits per heavy atom. The number of para-hydroxylation sites is 1. The lowest BCUT2D eigenvalue weighted by Gasteiger charge is -2.17. The lowest BCUT2D eigenvalue weighted by atomic mass is 10.2. The number of halogens is 2. The maximum Gasteiger partial charge on any atom is 0.349 e. The summed E-state index contributed by atoms with van der Waals surface area (Å²) in [7, 11) is 1.49. The summed E-state index contributed by atoms with van der Waals surface area (Å²) in [6.45, 7) is 3.74. The highest BCUT2D eigenvalue weighted by atomic mass is 79.9. The van der Waals surface area contributed by atoms with E-state index in [9.17, 15) is 9.59 Å². The van der Waals surface area contributed by atoms with Crippen LogP contribution in [0.3, 0.4) is 0 Å². The molecular formula is C19H17BrClN3O4. The van der Waals surface area contributed by atoms with Gasteiger partial charge in [0.05, 0.1) is 30.3 Å². The Bertz CT molecular complexity index is 1180. The number of hydrogen-bond acceptors (Lipinski definition) is 5. The summed E-state index contributed by atoms with van der Waals surface area (Å²) in [4.78, 5) is 27.4. The van der Waals surface area contributed by atoms with Gasteiger partial charge in [-0.15, -0.1) is 4.68 Å². The fraction of sp³-hybridized carbons (Fsp3) is 0.211. The van der Waals surface area contributed by atoms with E-state index in [1.165, 1.54) is 13.3 Å². The SMILES string of the molecule is COc1cc(C=Nn2c(=O)[nH]c3ccccc3c2=O)c(Br)c(Cl)c1OC(C)C. The molecule has 0 unspecified atom stereocenters. The van der Waals surface area contributed by atoms with Gasteiger partial charge in [-0.2, -0.15) is 5.10 Å². The van der Waals surface area contributed by atoms with Crippen LogP contribution in [0.2, 0.25) is 5.02 Å². The molecule has 7 nitrogen and oxygen atoms in total. The molecule has 0 atom stereocenters. The summed E-state index contributed by atoms with van der Waals surface area (Å²) in [5.74, 6) is 0.798. The van der Waals surface area contributed by atoms with Crippen molar-refractivity contribution in [3.63, 3.8) is 0 Å². The van der Waals surface area contributed by atoms with Crippen LogP contribution >= 0.6 is 27.5 Å². The molecule has 0 saturated carbocycles. The molecule has 146 valence electrons. The highest BCUT2D eigenvalue weighted by Crippen LogP contribution is 2.42.